The van der Waals surface area contributed by atoms with Crippen LogP contribution in [0.5, 0.6) is 0 Å². The summed E-state index contributed by atoms with van der Waals surface area (Å²) in [6.45, 7) is 6.72. The maximum atomic E-state index is 12.1. The van der Waals surface area contributed by atoms with Crippen LogP contribution in [-0.4, -0.2) is 44.2 Å². The number of amides is 1. The van der Waals surface area contributed by atoms with Gasteiger partial charge in [-0.2, -0.15) is 0 Å². The zero-order valence-electron chi connectivity index (χ0n) is 10.9. The molecule has 0 rings (SSSR count). The number of hydrogen-bond acceptors (Lipinski definition) is 3. The van der Waals surface area contributed by atoms with Gasteiger partial charge in [0.15, 0.2) is 0 Å². The van der Waals surface area contributed by atoms with Crippen LogP contribution in [-0.2, 0) is 9.53 Å². The Balaban J connectivity index is 4.18. The van der Waals surface area contributed by atoms with Gasteiger partial charge in [-0.05, 0) is 19.4 Å². The molecule has 4 nitrogen and oxygen atoms in total. The first-order valence-corrected chi connectivity index (χ1v) is 6.15. The van der Waals surface area contributed by atoms with E-state index in [1.807, 2.05) is 11.8 Å². The van der Waals surface area contributed by atoms with Gasteiger partial charge in [-0.1, -0.05) is 20.3 Å². The second kappa shape index (κ2) is 9.60. The molecule has 96 valence electrons. The molecule has 0 heterocycles. The minimum Gasteiger partial charge on any atom is -0.383 e. The highest BCUT2D eigenvalue weighted by Crippen LogP contribution is 2.09. The lowest BCUT2D eigenvalue weighted by Gasteiger charge is -2.25. The van der Waals surface area contributed by atoms with E-state index in [4.69, 9.17) is 10.5 Å². The zero-order chi connectivity index (χ0) is 12.4. The van der Waals surface area contributed by atoms with Crippen LogP contribution in [0.15, 0.2) is 0 Å². The number of nitrogens with two attached hydrogens (primary N) is 1. The Morgan fingerprint density at radius 2 is 2.12 bits per heavy atom. The number of methoxy groups -OCH3 is 1. The summed E-state index contributed by atoms with van der Waals surface area (Å²) in [5.74, 6) is 0.340. The normalized spacial score (nSPS) is 12.5. The standard InChI is InChI=1S/C12H26N2O2/c1-4-6-11(2)12(15)14(8-5-7-13)9-10-16-3/h11H,4-10,13H2,1-3H3. The van der Waals surface area contributed by atoms with Crippen molar-refractivity contribution in [2.75, 3.05) is 33.4 Å². The van der Waals surface area contributed by atoms with Crippen LogP contribution >= 0.6 is 0 Å². The van der Waals surface area contributed by atoms with Crippen LogP contribution in [0, 0.1) is 5.92 Å². The Hall–Kier alpha value is -0.610. The lowest BCUT2D eigenvalue weighted by atomic mass is 10.0. The third-order valence-corrected chi connectivity index (χ3v) is 2.65. The summed E-state index contributed by atoms with van der Waals surface area (Å²) in [5, 5.41) is 0. The maximum absolute atomic E-state index is 12.1. The SMILES string of the molecule is CCCC(C)C(=O)N(CCCN)CCOC. The van der Waals surface area contributed by atoms with Gasteiger partial charge in [0.25, 0.3) is 0 Å². The Morgan fingerprint density at radius 3 is 2.62 bits per heavy atom. The predicted octanol–water partition coefficient (Wildman–Crippen LogP) is 1.25. The molecule has 0 spiro atoms. The van der Waals surface area contributed by atoms with Gasteiger partial charge in [0, 0.05) is 26.1 Å². The smallest absolute Gasteiger partial charge is 0.225 e. The summed E-state index contributed by atoms with van der Waals surface area (Å²) >= 11 is 0. The van der Waals surface area contributed by atoms with E-state index in [1.54, 1.807) is 7.11 Å². The highest BCUT2D eigenvalue weighted by Gasteiger charge is 2.18. The van der Waals surface area contributed by atoms with Crippen molar-refractivity contribution in [3.8, 4) is 0 Å². The maximum Gasteiger partial charge on any atom is 0.225 e. The molecule has 1 atom stereocenters. The zero-order valence-corrected chi connectivity index (χ0v) is 10.9. The third-order valence-electron chi connectivity index (χ3n) is 2.65. The lowest BCUT2D eigenvalue weighted by Crippen LogP contribution is -2.38. The summed E-state index contributed by atoms with van der Waals surface area (Å²) in [6, 6.07) is 0. The largest absolute Gasteiger partial charge is 0.383 e. The summed E-state index contributed by atoms with van der Waals surface area (Å²) < 4.78 is 5.02. The Kier molecular flexibility index (Phi) is 9.24. The molecule has 0 aliphatic heterocycles. The molecule has 0 radical (unpaired) electrons. The fourth-order valence-corrected chi connectivity index (χ4v) is 1.68. The van der Waals surface area contributed by atoms with Gasteiger partial charge < -0.3 is 15.4 Å². The Morgan fingerprint density at radius 1 is 1.44 bits per heavy atom. The molecule has 0 fully saturated rings. The minimum absolute atomic E-state index is 0.111. The molecule has 0 aliphatic carbocycles. The molecule has 0 aliphatic rings. The number of rotatable bonds is 9. The monoisotopic (exact) mass is 230 g/mol. The number of carbonyl (C=O) groups is 1. The highest BCUT2D eigenvalue weighted by molar-refractivity contribution is 5.78. The molecule has 0 saturated heterocycles. The van der Waals surface area contributed by atoms with Crippen molar-refractivity contribution in [3.05, 3.63) is 0 Å². The van der Waals surface area contributed by atoms with Crippen molar-refractivity contribution in [3.63, 3.8) is 0 Å². The van der Waals surface area contributed by atoms with E-state index in [-0.39, 0.29) is 11.8 Å². The van der Waals surface area contributed by atoms with Crippen LogP contribution in [0.4, 0.5) is 0 Å². The average molecular weight is 230 g/mol. The molecule has 0 aromatic rings. The summed E-state index contributed by atoms with van der Waals surface area (Å²) in [6.07, 6.45) is 2.85. The van der Waals surface area contributed by atoms with Gasteiger partial charge >= 0.3 is 0 Å². The van der Waals surface area contributed by atoms with Crippen molar-refractivity contribution in [1.82, 2.24) is 4.90 Å². The Labute approximate surface area is 99.1 Å². The van der Waals surface area contributed by atoms with E-state index in [9.17, 15) is 4.79 Å². The summed E-state index contributed by atoms with van der Waals surface area (Å²) in [7, 11) is 1.65. The number of nitrogens with zero attached hydrogens (tertiary/aromatic N) is 1. The fraction of sp³-hybridized carbons (Fsp3) is 0.917. The van der Waals surface area contributed by atoms with E-state index in [0.717, 1.165) is 25.8 Å². The van der Waals surface area contributed by atoms with Crippen molar-refractivity contribution in [2.24, 2.45) is 11.7 Å². The van der Waals surface area contributed by atoms with E-state index in [0.29, 0.717) is 19.7 Å². The molecule has 2 N–H and O–H groups in total. The molecule has 0 aromatic heterocycles. The molecular weight excluding hydrogens is 204 g/mol. The summed E-state index contributed by atoms with van der Waals surface area (Å²) in [5.41, 5.74) is 5.47. The summed E-state index contributed by atoms with van der Waals surface area (Å²) in [4.78, 5) is 13.9. The number of ether oxygens (including phenoxy) is 1. The van der Waals surface area contributed by atoms with E-state index >= 15 is 0 Å². The van der Waals surface area contributed by atoms with Gasteiger partial charge in [0.1, 0.15) is 0 Å². The van der Waals surface area contributed by atoms with Crippen molar-refractivity contribution >= 4 is 5.91 Å². The van der Waals surface area contributed by atoms with Crippen molar-refractivity contribution in [1.29, 1.82) is 0 Å². The average Bonchev–Trinajstić information content (AvgIpc) is 2.29. The second-order valence-electron chi connectivity index (χ2n) is 4.15. The number of hydrogen-bond donors (Lipinski definition) is 1. The lowest BCUT2D eigenvalue weighted by molar-refractivity contribution is -0.135. The van der Waals surface area contributed by atoms with Crippen LogP contribution in [0.1, 0.15) is 33.1 Å². The predicted molar refractivity (Wildman–Crippen MR) is 66.2 cm³/mol. The molecule has 1 unspecified atom stereocenters. The molecule has 0 aromatic carbocycles. The first kappa shape index (κ1) is 15.4. The molecule has 4 heteroatoms. The van der Waals surface area contributed by atoms with Crippen molar-refractivity contribution < 1.29 is 9.53 Å². The topological polar surface area (TPSA) is 55.6 Å². The fourth-order valence-electron chi connectivity index (χ4n) is 1.68. The molecule has 16 heavy (non-hydrogen) atoms. The van der Waals surface area contributed by atoms with Crippen LogP contribution in [0.2, 0.25) is 0 Å². The quantitative estimate of drug-likeness (QED) is 0.648. The van der Waals surface area contributed by atoms with Gasteiger partial charge in [-0.25, -0.2) is 0 Å². The van der Waals surface area contributed by atoms with Crippen LogP contribution in [0.25, 0.3) is 0 Å². The van der Waals surface area contributed by atoms with Crippen molar-refractivity contribution in [2.45, 2.75) is 33.1 Å². The van der Waals surface area contributed by atoms with E-state index in [1.165, 1.54) is 0 Å². The minimum atomic E-state index is 0.111. The first-order chi connectivity index (χ1) is 7.67. The second-order valence-corrected chi connectivity index (χ2v) is 4.15. The molecule has 0 bridgehead atoms. The van der Waals surface area contributed by atoms with E-state index < -0.39 is 0 Å². The van der Waals surface area contributed by atoms with E-state index in [2.05, 4.69) is 6.92 Å². The third kappa shape index (κ3) is 6.08. The molecule has 0 saturated carbocycles. The van der Waals surface area contributed by atoms with Gasteiger partial charge in [-0.15, -0.1) is 0 Å². The van der Waals surface area contributed by atoms with Gasteiger partial charge in [0.05, 0.1) is 6.61 Å². The van der Waals surface area contributed by atoms with Gasteiger partial charge in [0.2, 0.25) is 5.91 Å². The van der Waals surface area contributed by atoms with Crippen LogP contribution < -0.4 is 5.73 Å². The van der Waals surface area contributed by atoms with Crippen LogP contribution in [0.3, 0.4) is 0 Å². The molecular formula is C12H26N2O2. The molecule has 1 amide bonds. The Bertz CT molecular complexity index is 178. The first-order valence-electron chi connectivity index (χ1n) is 6.15. The van der Waals surface area contributed by atoms with Gasteiger partial charge in [-0.3, -0.25) is 4.79 Å². The number of carbonyl (C=O) groups excluding carboxylic acids is 1. The highest BCUT2D eigenvalue weighted by atomic mass is 16.5.